The number of anilines is 2. The second-order valence-corrected chi connectivity index (χ2v) is 8.07. The number of pyridine rings is 1. The summed E-state index contributed by atoms with van der Waals surface area (Å²) < 4.78 is 54.4. The second-order valence-electron chi connectivity index (χ2n) is 6.83. The lowest BCUT2D eigenvalue weighted by atomic mass is 10.1. The number of ether oxygens (including phenoxy) is 2. The molecule has 32 heavy (non-hydrogen) atoms. The highest BCUT2D eigenvalue weighted by atomic mass is 31.2. The fourth-order valence-electron chi connectivity index (χ4n) is 3.26. The van der Waals surface area contributed by atoms with E-state index in [1.165, 1.54) is 35.4 Å². The Labute approximate surface area is 179 Å². The van der Waals surface area contributed by atoms with E-state index in [1.54, 1.807) is 0 Å². The number of hydrogen-bond donors (Lipinski definition) is 2. The summed E-state index contributed by atoms with van der Waals surface area (Å²) in [7, 11) is -4.78. The smallest absolute Gasteiger partial charge is 0.447 e. The first-order valence-electron chi connectivity index (χ1n) is 9.21. The van der Waals surface area contributed by atoms with Gasteiger partial charge in [0.15, 0.2) is 11.6 Å². The fourth-order valence-corrected chi connectivity index (χ4v) is 3.62. The average Bonchev–Trinajstić information content (AvgIpc) is 3.33. The number of amides is 2. The highest BCUT2D eigenvalue weighted by Gasteiger charge is 2.36. The molecule has 4 rings (SSSR count). The van der Waals surface area contributed by atoms with Crippen molar-refractivity contribution in [3.8, 4) is 11.1 Å². The maximum absolute atomic E-state index is 14.8. The molecule has 11 nitrogen and oxygen atoms in total. The standard InChI is InChI=1S/C18H16F2N3O8P/c19-15-12(10-1-4-14(21-7-10)22-5-6-29-17(22)24)2-3-13(16(15)20)23-8-11(31-18(23)25)9-30-32(26,27)28/h1-4,7,11H,5-6,8-9H2,(H2,26,27,28)/t11-/m1/s1. The van der Waals surface area contributed by atoms with Crippen LogP contribution in [0, 0.1) is 11.6 Å². The van der Waals surface area contributed by atoms with Crippen LogP contribution in [0.3, 0.4) is 0 Å². The minimum atomic E-state index is -4.78. The van der Waals surface area contributed by atoms with E-state index < -0.39 is 50.0 Å². The van der Waals surface area contributed by atoms with E-state index in [2.05, 4.69) is 9.51 Å². The summed E-state index contributed by atoms with van der Waals surface area (Å²) in [5.41, 5.74) is -0.288. The molecular formula is C18H16F2N3O8P. The van der Waals surface area contributed by atoms with Crippen LogP contribution in [0.2, 0.25) is 0 Å². The highest BCUT2D eigenvalue weighted by Crippen LogP contribution is 2.37. The second kappa shape index (κ2) is 8.43. The molecule has 3 heterocycles. The van der Waals surface area contributed by atoms with Crippen LogP contribution in [-0.4, -0.2) is 59.4 Å². The molecule has 2 aromatic rings. The summed E-state index contributed by atoms with van der Waals surface area (Å²) in [6, 6.07) is 5.36. The van der Waals surface area contributed by atoms with Crippen LogP contribution in [-0.2, 0) is 18.6 Å². The van der Waals surface area contributed by atoms with E-state index in [4.69, 9.17) is 19.3 Å². The molecule has 0 radical (unpaired) electrons. The van der Waals surface area contributed by atoms with Crippen LogP contribution in [0.1, 0.15) is 0 Å². The lowest BCUT2D eigenvalue weighted by Gasteiger charge is -2.16. The third kappa shape index (κ3) is 4.41. The zero-order valence-electron chi connectivity index (χ0n) is 16.2. The Morgan fingerprint density at radius 2 is 1.91 bits per heavy atom. The Morgan fingerprint density at radius 1 is 1.12 bits per heavy atom. The van der Waals surface area contributed by atoms with Crippen LogP contribution in [0.4, 0.5) is 29.9 Å². The summed E-state index contributed by atoms with van der Waals surface area (Å²) in [6.07, 6.45) is -1.36. The molecule has 2 aliphatic heterocycles. The predicted octanol–water partition coefficient (Wildman–Crippen LogP) is 2.42. The van der Waals surface area contributed by atoms with Gasteiger partial charge in [-0.25, -0.2) is 27.9 Å². The maximum Gasteiger partial charge on any atom is 0.469 e. The van der Waals surface area contributed by atoms with E-state index in [-0.39, 0.29) is 24.3 Å². The number of benzene rings is 1. The Hall–Kier alpha value is -3.12. The Kier molecular flexibility index (Phi) is 5.82. The summed E-state index contributed by atoms with van der Waals surface area (Å²) in [5, 5.41) is 0. The topological polar surface area (TPSA) is 139 Å². The number of phosphoric ester groups is 1. The molecular weight excluding hydrogens is 455 g/mol. The van der Waals surface area contributed by atoms with Crippen molar-refractivity contribution in [2.75, 3.05) is 36.1 Å². The first-order valence-corrected chi connectivity index (χ1v) is 10.7. The molecule has 0 spiro atoms. The molecule has 0 bridgehead atoms. The van der Waals surface area contributed by atoms with Crippen LogP contribution in [0.5, 0.6) is 0 Å². The van der Waals surface area contributed by atoms with Crippen molar-refractivity contribution in [3.05, 3.63) is 42.1 Å². The monoisotopic (exact) mass is 471 g/mol. The zero-order chi connectivity index (χ0) is 23.0. The lowest BCUT2D eigenvalue weighted by Crippen LogP contribution is -2.27. The minimum Gasteiger partial charge on any atom is -0.447 e. The summed E-state index contributed by atoms with van der Waals surface area (Å²) in [6.45, 7) is -0.349. The van der Waals surface area contributed by atoms with Crippen LogP contribution in [0.25, 0.3) is 11.1 Å². The number of cyclic esters (lactones) is 2. The molecule has 0 aliphatic carbocycles. The molecule has 2 N–H and O–H groups in total. The largest absolute Gasteiger partial charge is 0.469 e. The number of aromatic nitrogens is 1. The Balaban J connectivity index is 1.53. The maximum atomic E-state index is 14.8. The van der Waals surface area contributed by atoms with E-state index >= 15 is 0 Å². The van der Waals surface area contributed by atoms with Crippen molar-refractivity contribution in [3.63, 3.8) is 0 Å². The number of carbonyl (C=O) groups excluding carboxylic acids is 2. The van der Waals surface area contributed by atoms with E-state index in [0.717, 1.165) is 4.90 Å². The molecule has 2 amide bonds. The normalized spacial score (nSPS) is 18.8. The van der Waals surface area contributed by atoms with Gasteiger partial charge in [-0.05, 0) is 24.3 Å². The molecule has 14 heteroatoms. The Morgan fingerprint density at radius 3 is 2.53 bits per heavy atom. The molecule has 1 aromatic carbocycles. The third-order valence-electron chi connectivity index (χ3n) is 4.75. The summed E-state index contributed by atoms with van der Waals surface area (Å²) in [5.74, 6) is -2.25. The molecule has 1 atom stereocenters. The first kappa shape index (κ1) is 22.1. The highest BCUT2D eigenvalue weighted by molar-refractivity contribution is 7.46. The number of phosphoric acid groups is 1. The number of halogens is 2. The molecule has 2 aliphatic rings. The van der Waals surface area contributed by atoms with Crippen LogP contribution >= 0.6 is 7.82 Å². The minimum absolute atomic E-state index is 0.122. The van der Waals surface area contributed by atoms with Gasteiger partial charge in [0.25, 0.3) is 0 Å². The van der Waals surface area contributed by atoms with Crippen molar-refractivity contribution in [2.24, 2.45) is 0 Å². The van der Waals surface area contributed by atoms with Gasteiger partial charge >= 0.3 is 20.0 Å². The molecule has 2 fully saturated rings. The van der Waals surface area contributed by atoms with E-state index in [9.17, 15) is 22.9 Å². The number of carbonyl (C=O) groups is 2. The van der Waals surface area contributed by atoms with Gasteiger partial charge < -0.3 is 19.3 Å². The SMILES string of the molecule is O=C1OCCN1c1ccc(-c2ccc(N3C[C@H](COP(=O)(O)O)OC3=O)c(F)c2F)cn1. The van der Waals surface area contributed by atoms with Gasteiger partial charge in [-0.3, -0.25) is 14.3 Å². The van der Waals surface area contributed by atoms with Gasteiger partial charge in [-0.15, -0.1) is 0 Å². The van der Waals surface area contributed by atoms with E-state index in [0.29, 0.717) is 12.4 Å². The van der Waals surface area contributed by atoms with Crippen molar-refractivity contribution in [1.29, 1.82) is 0 Å². The van der Waals surface area contributed by atoms with E-state index in [1.807, 2.05) is 0 Å². The van der Waals surface area contributed by atoms with Gasteiger partial charge in [0, 0.05) is 17.3 Å². The van der Waals surface area contributed by atoms with Gasteiger partial charge in [-0.1, -0.05) is 0 Å². The summed E-state index contributed by atoms with van der Waals surface area (Å²) in [4.78, 5) is 47.3. The Bertz CT molecular complexity index is 1110. The quantitative estimate of drug-likeness (QED) is 0.608. The summed E-state index contributed by atoms with van der Waals surface area (Å²) >= 11 is 0. The predicted molar refractivity (Wildman–Crippen MR) is 104 cm³/mol. The van der Waals surface area contributed by atoms with Crippen molar-refractivity contribution in [1.82, 2.24) is 4.98 Å². The number of nitrogens with zero attached hydrogens (tertiary/aromatic N) is 3. The van der Waals surface area contributed by atoms with Crippen LogP contribution in [0.15, 0.2) is 30.5 Å². The van der Waals surface area contributed by atoms with Crippen molar-refractivity contribution < 1.29 is 46.7 Å². The average molecular weight is 471 g/mol. The van der Waals surface area contributed by atoms with Gasteiger partial charge in [0.2, 0.25) is 0 Å². The third-order valence-corrected chi connectivity index (χ3v) is 5.24. The zero-order valence-corrected chi connectivity index (χ0v) is 17.1. The van der Waals surface area contributed by atoms with Gasteiger partial charge in [0.05, 0.1) is 25.4 Å². The molecule has 2 saturated heterocycles. The molecule has 170 valence electrons. The number of rotatable bonds is 6. The van der Waals surface area contributed by atoms with Gasteiger partial charge in [0.1, 0.15) is 18.5 Å². The molecule has 1 aromatic heterocycles. The lowest BCUT2D eigenvalue weighted by molar-refractivity contribution is 0.0880. The fraction of sp³-hybridized carbons (Fsp3) is 0.278. The first-order chi connectivity index (χ1) is 15.1. The van der Waals surface area contributed by atoms with Crippen molar-refractivity contribution in [2.45, 2.75) is 6.10 Å². The molecule has 0 saturated carbocycles. The number of hydrogen-bond acceptors (Lipinski definition) is 7. The molecule has 0 unspecified atom stereocenters. The van der Waals surface area contributed by atoms with Gasteiger partial charge in [-0.2, -0.15) is 0 Å². The van der Waals surface area contributed by atoms with Crippen molar-refractivity contribution >= 4 is 31.5 Å². The van der Waals surface area contributed by atoms with Crippen LogP contribution < -0.4 is 9.80 Å².